The van der Waals surface area contributed by atoms with Gasteiger partial charge in [-0.1, -0.05) is 30.2 Å². The van der Waals surface area contributed by atoms with E-state index in [9.17, 15) is 13.2 Å². The monoisotopic (exact) mass is 431 g/mol. The highest BCUT2D eigenvalue weighted by molar-refractivity contribution is 7.90. The Morgan fingerprint density at radius 3 is 2.72 bits per heavy atom. The van der Waals surface area contributed by atoms with Crippen LogP contribution in [-0.4, -0.2) is 26.7 Å². The molecule has 0 radical (unpaired) electrons. The summed E-state index contributed by atoms with van der Waals surface area (Å²) < 4.78 is 29.6. The first-order valence-electron chi connectivity index (χ1n) is 9.60. The minimum absolute atomic E-state index is 0.0265. The van der Waals surface area contributed by atoms with Crippen LogP contribution in [0, 0.1) is 13.8 Å². The van der Waals surface area contributed by atoms with Crippen LogP contribution < -0.4 is 10.2 Å². The quantitative estimate of drug-likeness (QED) is 0.748. The number of hydrogen-bond acceptors (Lipinski definition) is 4. The van der Waals surface area contributed by atoms with E-state index in [-0.39, 0.29) is 15.5 Å². The second-order valence-electron chi connectivity index (χ2n) is 7.52. The molecule has 0 aliphatic carbocycles. The number of benzene rings is 2. The predicted octanol–water partition coefficient (Wildman–Crippen LogP) is 4.69. The van der Waals surface area contributed by atoms with Crippen molar-refractivity contribution in [2.24, 2.45) is 4.40 Å². The topological polar surface area (TPSA) is 78.8 Å². The van der Waals surface area contributed by atoms with Gasteiger partial charge in [-0.05, 0) is 56.0 Å². The van der Waals surface area contributed by atoms with Crippen LogP contribution in [0.2, 0.25) is 5.02 Å². The maximum absolute atomic E-state index is 12.9. The molecule has 2 aromatic rings. The second-order valence-corrected chi connectivity index (χ2v) is 9.50. The van der Waals surface area contributed by atoms with Gasteiger partial charge in [0.05, 0.1) is 16.3 Å². The van der Waals surface area contributed by atoms with Crippen LogP contribution in [0.5, 0.6) is 0 Å². The number of hydrogen-bond donors (Lipinski definition) is 1. The average molecular weight is 432 g/mol. The Morgan fingerprint density at radius 1 is 1.14 bits per heavy atom. The lowest BCUT2D eigenvalue weighted by molar-refractivity contribution is 0.102. The van der Waals surface area contributed by atoms with Crippen molar-refractivity contribution in [3.63, 3.8) is 0 Å². The fraction of sp³-hybridized carbons (Fsp3) is 0.333. The lowest BCUT2D eigenvalue weighted by Crippen LogP contribution is -2.35. The molecule has 0 bridgehead atoms. The second kappa shape index (κ2) is 7.46. The first-order chi connectivity index (χ1) is 13.8. The maximum Gasteiger partial charge on any atom is 0.286 e. The zero-order chi connectivity index (χ0) is 20.8. The van der Waals surface area contributed by atoms with E-state index in [2.05, 4.69) is 9.71 Å². The van der Waals surface area contributed by atoms with Gasteiger partial charge in [-0.3, -0.25) is 4.79 Å². The van der Waals surface area contributed by atoms with E-state index in [1.54, 1.807) is 6.07 Å². The van der Waals surface area contributed by atoms with E-state index < -0.39 is 15.9 Å². The molecular weight excluding hydrogens is 410 g/mol. The molecule has 0 aromatic heterocycles. The Hall–Kier alpha value is -2.38. The van der Waals surface area contributed by atoms with Crippen LogP contribution >= 0.6 is 11.6 Å². The van der Waals surface area contributed by atoms with Crippen molar-refractivity contribution in [3.05, 3.63) is 52.0 Å². The number of carbonyl (C=O) groups is 1. The van der Waals surface area contributed by atoms with Gasteiger partial charge in [0.1, 0.15) is 10.7 Å². The number of anilines is 2. The van der Waals surface area contributed by atoms with Gasteiger partial charge in [-0.2, -0.15) is 8.42 Å². The number of aryl methyl sites for hydroxylation is 2. The summed E-state index contributed by atoms with van der Waals surface area (Å²) in [7, 11) is -3.88. The van der Waals surface area contributed by atoms with Gasteiger partial charge in [0.15, 0.2) is 0 Å². The molecule has 1 saturated heterocycles. The summed E-state index contributed by atoms with van der Waals surface area (Å²) in [5.41, 5.74) is 3.20. The molecule has 2 heterocycles. The van der Waals surface area contributed by atoms with Crippen LogP contribution in [0.15, 0.2) is 39.6 Å². The Balaban J connectivity index is 1.75. The third-order valence-electron chi connectivity index (χ3n) is 5.32. The summed E-state index contributed by atoms with van der Waals surface area (Å²) in [5, 5.41) is 3.06. The highest BCUT2D eigenvalue weighted by atomic mass is 35.5. The number of sulfonamides is 1. The number of amides is 1. The summed E-state index contributed by atoms with van der Waals surface area (Å²) >= 11 is 6.44. The predicted molar refractivity (Wildman–Crippen MR) is 116 cm³/mol. The highest BCUT2D eigenvalue weighted by Gasteiger charge is 2.33. The molecule has 0 atom stereocenters. The number of halogens is 1. The van der Waals surface area contributed by atoms with Gasteiger partial charge < -0.3 is 10.2 Å². The van der Waals surface area contributed by atoms with E-state index in [0.29, 0.717) is 30.2 Å². The Morgan fingerprint density at radius 2 is 1.93 bits per heavy atom. The van der Waals surface area contributed by atoms with Crippen molar-refractivity contribution in [1.29, 1.82) is 0 Å². The molecule has 2 aromatic carbocycles. The molecule has 0 spiro atoms. The van der Waals surface area contributed by atoms with Crippen molar-refractivity contribution in [2.75, 3.05) is 16.8 Å². The van der Waals surface area contributed by atoms with Crippen molar-refractivity contribution in [2.45, 2.75) is 44.4 Å². The normalized spacial score (nSPS) is 17.6. The Labute approximate surface area is 175 Å². The molecular formula is C21H22ClN3O3S. The molecule has 8 heteroatoms. The van der Waals surface area contributed by atoms with Gasteiger partial charge >= 0.3 is 0 Å². The number of fused-ring (bicyclic) bond motifs is 3. The smallest absolute Gasteiger partial charge is 0.286 e. The SMILES string of the molecule is Cc1ccc(C)c(NC(=O)c2cc3c(cc2Cl)N2CCCCCC2=NS3(=O)=O)c1. The average Bonchev–Trinajstić information content (AvgIpc) is 2.89. The highest BCUT2D eigenvalue weighted by Crippen LogP contribution is 2.38. The molecule has 1 fully saturated rings. The molecule has 0 unspecified atom stereocenters. The zero-order valence-electron chi connectivity index (χ0n) is 16.3. The van der Waals surface area contributed by atoms with Crippen molar-refractivity contribution < 1.29 is 13.2 Å². The Kier molecular flexibility index (Phi) is 5.12. The van der Waals surface area contributed by atoms with E-state index in [1.165, 1.54) is 6.07 Å². The van der Waals surface area contributed by atoms with Gasteiger partial charge in [0, 0.05) is 18.7 Å². The van der Waals surface area contributed by atoms with Crippen molar-refractivity contribution in [3.8, 4) is 0 Å². The van der Waals surface area contributed by atoms with Gasteiger partial charge in [-0.15, -0.1) is 4.40 Å². The Bertz CT molecular complexity index is 1140. The van der Waals surface area contributed by atoms with Crippen LogP contribution in [0.25, 0.3) is 0 Å². The molecule has 1 amide bonds. The number of carbonyl (C=O) groups excluding carboxylic acids is 1. The van der Waals surface area contributed by atoms with Crippen LogP contribution in [0.4, 0.5) is 11.4 Å². The molecule has 29 heavy (non-hydrogen) atoms. The van der Waals surface area contributed by atoms with E-state index in [1.807, 2.05) is 36.9 Å². The van der Waals surface area contributed by atoms with E-state index >= 15 is 0 Å². The molecule has 4 rings (SSSR count). The van der Waals surface area contributed by atoms with E-state index in [0.717, 1.165) is 30.4 Å². The summed E-state index contributed by atoms with van der Waals surface area (Å²) in [6.45, 7) is 4.51. The van der Waals surface area contributed by atoms with Crippen molar-refractivity contribution in [1.82, 2.24) is 0 Å². The fourth-order valence-electron chi connectivity index (χ4n) is 3.73. The minimum atomic E-state index is -3.88. The van der Waals surface area contributed by atoms with Gasteiger partial charge in [-0.25, -0.2) is 0 Å². The summed E-state index contributed by atoms with van der Waals surface area (Å²) in [4.78, 5) is 14.8. The van der Waals surface area contributed by atoms with E-state index in [4.69, 9.17) is 11.6 Å². The summed E-state index contributed by atoms with van der Waals surface area (Å²) in [5.74, 6) is 0.103. The third kappa shape index (κ3) is 3.76. The van der Waals surface area contributed by atoms with Crippen LogP contribution in [-0.2, 0) is 10.0 Å². The summed E-state index contributed by atoms with van der Waals surface area (Å²) in [6, 6.07) is 8.66. The molecule has 152 valence electrons. The molecule has 2 aliphatic rings. The van der Waals surface area contributed by atoms with Crippen LogP contribution in [0.3, 0.4) is 0 Å². The lowest BCUT2D eigenvalue weighted by Gasteiger charge is -2.30. The molecule has 2 aliphatic heterocycles. The number of nitrogens with one attached hydrogen (secondary N) is 1. The molecule has 6 nitrogen and oxygen atoms in total. The van der Waals surface area contributed by atoms with Crippen molar-refractivity contribution >= 4 is 44.7 Å². The van der Waals surface area contributed by atoms with Gasteiger partial charge in [0.25, 0.3) is 15.9 Å². The molecule has 0 saturated carbocycles. The first kappa shape index (κ1) is 19.9. The number of amidine groups is 1. The number of nitrogens with zero attached hydrogens (tertiary/aromatic N) is 2. The first-order valence-corrected chi connectivity index (χ1v) is 11.4. The van der Waals surface area contributed by atoms with Crippen LogP contribution in [0.1, 0.15) is 47.2 Å². The summed E-state index contributed by atoms with van der Waals surface area (Å²) in [6.07, 6.45) is 3.50. The maximum atomic E-state index is 12.9. The fourth-order valence-corrected chi connectivity index (χ4v) is 5.24. The largest absolute Gasteiger partial charge is 0.328 e. The third-order valence-corrected chi connectivity index (χ3v) is 6.97. The number of rotatable bonds is 2. The van der Waals surface area contributed by atoms with Gasteiger partial charge in [0.2, 0.25) is 0 Å². The standard InChI is InChI=1S/C21H22ClN3O3S/c1-13-7-8-14(2)17(10-13)23-21(26)15-11-19-18(12-16(15)22)25-9-5-3-4-6-20(25)24-29(19,27)28/h7-8,10-12H,3-6,9H2,1-2H3,(H,23,26). The minimum Gasteiger partial charge on any atom is -0.328 e. The lowest BCUT2D eigenvalue weighted by atomic mass is 10.1. The zero-order valence-corrected chi connectivity index (χ0v) is 17.9. The molecule has 1 N–H and O–H groups in total.